The lowest BCUT2D eigenvalue weighted by Crippen LogP contribution is -2.04. The monoisotopic (exact) mass is 324 g/mol. The van der Waals surface area contributed by atoms with Crippen molar-refractivity contribution in [2.24, 2.45) is 5.92 Å². The largest absolute Gasteiger partial charge is 0.147 e. The second kappa shape index (κ2) is 5.52. The molecule has 0 aliphatic heterocycles. The van der Waals surface area contributed by atoms with Gasteiger partial charge in [0.05, 0.1) is 4.83 Å². The van der Waals surface area contributed by atoms with Gasteiger partial charge in [-0.05, 0) is 33.3 Å². The summed E-state index contributed by atoms with van der Waals surface area (Å²) in [6.45, 7) is 4.51. The highest BCUT2D eigenvalue weighted by Gasteiger charge is 2.20. The molecule has 0 saturated carbocycles. The first-order valence-corrected chi connectivity index (χ1v) is 7.16. The Kier molecular flexibility index (Phi) is 4.98. The smallest absolute Gasteiger partial charge is 0.0528 e. The molecule has 0 radical (unpaired) electrons. The van der Waals surface area contributed by atoms with E-state index < -0.39 is 0 Å². The van der Waals surface area contributed by atoms with E-state index in [0.717, 1.165) is 5.92 Å². The molecule has 74 valence electrons. The van der Waals surface area contributed by atoms with E-state index >= 15 is 0 Å². The Balaban J connectivity index is 2.77. The molecular weight excluding hydrogens is 312 g/mol. The predicted octanol–water partition coefficient (Wildman–Crippen LogP) is 5.38. The SMILES string of the molecule is CCC(CC)C(Br)c1sccc1Br. The summed E-state index contributed by atoms with van der Waals surface area (Å²) in [5.41, 5.74) is 0. The van der Waals surface area contributed by atoms with E-state index in [9.17, 15) is 0 Å². The molecule has 0 N–H and O–H groups in total. The zero-order chi connectivity index (χ0) is 9.84. The molecule has 13 heavy (non-hydrogen) atoms. The number of hydrogen-bond donors (Lipinski definition) is 0. The van der Waals surface area contributed by atoms with Crippen molar-refractivity contribution >= 4 is 43.2 Å². The first kappa shape index (κ1) is 11.7. The van der Waals surface area contributed by atoms with Gasteiger partial charge in [0, 0.05) is 9.35 Å². The minimum absolute atomic E-state index is 0.511. The molecule has 1 unspecified atom stereocenters. The summed E-state index contributed by atoms with van der Waals surface area (Å²) in [6, 6.07) is 2.12. The van der Waals surface area contributed by atoms with E-state index in [1.807, 2.05) is 11.3 Å². The minimum Gasteiger partial charge on any atom is -0.147 e. The Labute approximate surface area is 101 Å². The van der Waals surface area contributed by atoms with Crippen molar-refractivity contribution in [3.8, 4) is 0 Å². The number of thiophene rings is 1. The van der Waals surface area contributed by atoms with Crippen molar-refractivity contribution in [2.45, 2.75) is 31.5 Å². The van der Waals surface area contributed by atoms with Gasteiger partial charge in [0.1, 0.15) is 0 Å². The van der Waals surface area contributed by atoms with Crippen LogP contribution in [0.5, 0.6) is 0 Å². The van der Waals surface area contributed by atoms with Crippen molar-refractivity contribution in [3.05, 3.63) is 20.8 Å². The van der Waals surface area contributed by atoms with Crippen LogP contribution in [0.1, 0.15) is 36.4 Å². The van der Waals surface area contributed by atoms with Crippen molar-refractivity contribution in [2.75, 3.05) is 0 Å². The molecule has 0 bridgehead atoms. The number of halogens is 2. The fourth-order valence-electron chi connectivity index (χ4n) is 1.42. The molecule has 1 rings (SSSR count). The molecule has 1 aromatic rings. The quantitative estimate of drug-likeness (QED) is 0.652. The number of hydrogen-bond acceptors (Lipinski definition) is 1. The van der Waals surface area contributed by atoms with Crippen LogP contribution in [0.4, 0.5) is 0 Å². The van der Waals surface area contributed by atoms with Crippen LogP contribution in [0, 0.1) is 5.92 Å². The molecule has 0 amide bonds. The van der Waals surface area contributed by atoms with Gasteiger partial charge >= 0.3 is 0 Å². The maximum atomic E-state index is 3.78. The van der Waals surface area contributed by atoms with E-state index in [4.69, 9.17) is 0 Å². The van der Waals surface area contributed by atoms with E-state index in [1.54, 1.807) is 0 Å². The topological polar surface area (TPSA) is 0 Å². The summed E-state index contributed by atoms with van der Waals surface area (Å²) < 4.78 is 1.24. The van der Waals surface area contributed by atoms with Crippen LogP contribution in [0.3, 0.4) is 0 Å². The molecule has 0 spiro atoms. The van der Waals surface area contributed by atoms with Gasteiger partial charge in [-0.25, -0.2) is 0 Å². The fourth-order valence-corrected chi connectivity index (χ4v) is 4.73. The third-order valence-electron chi connectivity index (χ3n) is 2.36. The normalized spacial score (nSPS) is 13.6. The predicted molar refractivity (Wildman–Crippen MR) is 67.8 cm³/mol. The average Bonchev–Trinajstić information content (AvgIpc) is 2.53. The summed E-state index contributed by atoms with van der Waals surface area (Å²) >= 11 is 9.18. The average molecular weight is 326 g/mol. The van der Waals surface area contributed by atoms with Gasteiger partial charge < -0.3 is 0 Å². The zero-order valence-electron chi connectivity index (χ0n) is 7.89. The third kappa shape index (κ3) is 2.80. The lowest BCUT2D eigenvalue weighted by molar-refractivity contribution is 0.490. The van der Waals surface area contributed by atoms with Crippen LogP contribution in [0.2, 0.25) is 0 Å². The van der Waals surface area contributed by atoms with Gasteiger partial charge in [0.2, 0.25) is 0 Å². The van der Waals surface area contributed by atoms with Crippen molar-refractivity contribution < 1.29 is 0 Å². The second-order valence-corrected chi connectivity index (χ2v) is 5.90. The maximum absolute atomic E-state index is 3.78. The molecule has 0 nitrogen and oxygen atoms in total. The Morgan fingerprint density at radius 1 is 1.38 bits per heavy atom. The van der Waals surface area contributed by atoms with Gasteiger partial charge in [0.25, 0.3) is 0 Å². The van der Waals surface area contributed by atoms with Gasteiger partial charge in [0.15, 0.2) is 0 Å². The Morgan fingerprint density at radius 2 is 2.00 bits per heavy atom. The van der Waals surface area contributed by atoms with Gasteiger partial charge in [-0.15, -0.1) is 11.3 Å². The van der Waals surface area contributed by atoms with Crippen molar-refractivity contribution in [1.29, 1.82) is 0 Å². The molecule has 1 heterocycles. The molecule has 0 fully saturated rings. The third-order valence-corrected chi connectivity index (χ3v) is 5.82. The summed E-state index contributed by atoms with van der Waals surface area (Å²) in [7, 11) is 0. The second-order valence-electron chi connectivity index (χ2n) is 3.11. The lowest BCUT2D eigenvalue weighted by Gasteiger charge is -2.18. The molecule has 3 heteroatoms. The van der Waals surface area contributed by atoms with Crippen molar-refractivity contribution in [1.82, 2.24) is 0 Å². The highest BCUT2D eigenvalue weighted by molar-refractivity contribution is 9.11. The first-order valence-electron chi connectivity index (χ1n) is 4.57. The van der Waals surface area contributed by atoms with E-state index in [0.29, 0.717) is 4.83 Å². The van der Waals surface area contributed by atoms with Gasteiger partial charge in [-0.3, -0.25) is 0 Å². The van der Waals surface area contributed by atoms with E-state index in [1.165, 1.54) is 22.2 Å². The maximum Gasteiger partial charge on any atom is 0.0528 e. The van der Waals surface area contributed by atoms with Crippen LogP contribution in [-0.4, -0.2) is 0 Å². The number of alkyl halides is 1. The zero-order valence-corrected chi connectivity index (χ0v) is 11.9. The van der Waals surface area contributed by atoms with Gasteiger partial charge in [-0.1, -0.05) is 42.6 Å². The summed E-state index contributed by atoms with van der Waals surface area (Å²) in [6.07, 6.45) is 2.47. The lowest BCUT2D eigenvalue weighted by atomic mass is 9.99. The Hall–Kier alpha value is 0.660. The van der Waals surface area contributed by atoms with E-state index in [-0.39, 0.29) is 0 Å². The number of rotatable bonds is 4. The summed E-state index contributed by atoms with van der Waals surface area (Å²) in [4.78, 5) is 1.94. The van der Waals surface area contributed by atoms with E-state index in [2.05, 4.69) is 57.2 Å². The molecule has 0 saturated heterocycles. The highest BCUT2D eigenvalue weighted by atomic mass is 79.9. The molecule has 0 aliphatic carbocycles. The van der Waals surface area contributed by atoms with Gasteiger partial charge in [-0.2, -0.15) is 0 Å². The van der Waals surface area contributed by atoms with Crippen LogP contribution in [-0.2, 0) is 0 Å². The van der Waals surface area contributed by atoms with Crippen LogP contribution < -0.4 is 0 Å². The molecule has 0 aliphatic rings. The summed E-state index contributed by atoms with van der Waals surface area (Å²) in [5, 5.41) is 2.13. The van der Waals surface area contributed by atoms with Crippen LogP contribution in [0.15, 0.2) is 15.9 Å². The molecular formula is C10H14Br2S. The molecule has 1 atom stereocenters. The molecule has 1 aromatic heterocycles. The molecule has 0 aromatic carbocycles. The summed E-state index contributed by atoms with van der Waals surface area (Å²) in [5.74, 6) is 0.745. The standard InChI is InChI=1S/C10H14Br2S/c1-3-7(4-2)9(12)10-8(11)5-6-13-10/h5-7,9H,3-4H2,1-2H3. The first-order chi connectivity index (χ1) is 6.20. The minimum atomic E-state index is 0.511. The fraction of sp³-hybridized carbons (Fsp3) is 0.600. The van der Waals surface area contributed by atoms with Crippen LogP contribution >= 0.6 is 43.2 Å². The Bertz CT molecular complexity index is 253. The van der Waals surface area contributed by atoms with Crippen LogP contribution in [0.25, 0.3) is 0 Å². The Morgan fingerprint density at radius 3 is 2.38 bits per heavy atom. The highest BCUT2D eigenvalue weighted by Crippen LogP contribution is 2.41. The van der Waals surface area contributed by atoms with Crippen molar-refractivity contribution in [3.63, 3.8) is 0 Å².